The highest BCUT2D eigenvalue weighted by molar-refractivity contribution is 6.53. The Morgan fingerprint density at radius 1 is 1.00 bits per heavy atom. The predicted octanol–water partition coefficient (Wildman–Crippen LogP) is 5.63. The average molecular weight is 366 g/mol. The Balaban J connectivity index is 0.00000158. The zero-order valence-corrected chi connectivity index (χ0v) is 17.9. The molecule has 0 radical (unpaired) electrons. The van der Waals surface area contributed by atoms with Crippen LogP contribution in [0, 0.1) is 0 Å². The van der Waals surface area contributed by atoms with Crippen LogP contribution in [0.3, 0.4) is 0 Å². The van der Waals surface area contributed by atoms with E-state index in [1.54, 1.807) is 18.7 Å². The summed E-state index contributed by atoms with van der Waals surface area (Å²) in [5.41, 5.74) is 9.99. The number of likely N-dealkylation sites (N-methyl/N-ethyl adjacent to an activating group) is 1. The normalized spacial score (nSPS) is 10.9. The van der Waals surface area contributed by atoms with E-state index in [2.05, 4.69) is 64.8 Å². The van der Waals surface area contributed by atoms with Crippen molar-refractivity contribution >= 4 is 25.1 Å². The second kappa shape index (κ2) is 14.5. The molecule has 0 aliphatic rings. The maximum Gasteiger partial charge on any atom is 0.247 e. The fourth-order valence-corrected chi connectivity index (χ4v) is 2.03. The zero-order valence-electron chi connectivity index (χ0n) is 17.9. The first-order valence-electron chi connectivity index (χ1n) is 9.69. The molecule has 0 saturated heterocycles. The van der Waals surface area contributed by atoms with Gasteiger partial charge < -0.3 is 15.5 Å². The first kappa shape index (κ1) is 24.3. The molecule has 1 aromatic carbocycles. The zero-order chi connectivity index (χ0) is 20.7. The Kier molecular flexibility index (Phi) is 13.0. The monoisotopic (exact) mass is 366 g/mol. The number of allylic oxidation sites excluding steroid dienone is 1. The molecule has 0 fully saturated rings. The van der Waals surface area contributed by atoms with Crippen molar-refractivity contribution in [2.45, 2.75) is 41.3 Å². The maximum absolute atomic E-state index is 5.71. The van der Waals surface area contributed by atoms with Crippen LogP contribution >= 0.6 is 0 Å². The van der Waals surface area contributed by atoms with E-state index >= 15 is 0 Å². The molecule has 2 aromatic rings. The lowest BCUT2D eigenvalue weighted by molar-refractivity contribution is 0.670. The lowest BCUT2D eigenvalue weighted by Crippen LogP contribution is -2.29. The Labute approximate surface area is 166 Å². The van der Waals surface area contributed by atoms with Gasteiger partial charge in [0.15, 0.2) is 0 Å². The lowest BCUT2D eigenvalue weighted by Gasteiger charge is -2.22. The summed E-state index contributed by atoms with van der Waals surface area (Å²) in [5.74, 6) is 0. The molecule has 2 rings (SSSR count). The second-order valence-corrected chi connectivity index (χ2v) is 5.64. The van der Waals surface area contributed by atoms with E-state index in [0.717, 1.165) is 22.5 Å². The number of nitrogens with two attached hydrogens (primary N) is 1. The molecule has 0 atom stereocenters. The number of nitrogens with one attached hydrogen (secondary N) is 1. The third-order valence-electron chi connectivity index (χ3n) is 3.71. The molecule has 0 bridgehead atoms. The first-order valence-corrected chi connectivity index (χ1v) is 9.69. The van der Waals surface area contributed by atoms with Crippen molar-refractivity contribution in [2.75, 3.05) is 7.05 Å². The summed E-state index contributed by atoms with van der Waals surface area (Å²) in [7, 11) is 2.04. The Hall–Kier alpha value is -2.69. The van der Waals surface area contributed by atoms with Crippen LogP contribution in [0.5, 0.6) is 0 Å². The molecule has 0 aliphatic carbocycles. The van der Waals surface area contributed by atoms with Gasteiger partial charge in [-0.1, -0.05) is 77.8 Å². The molecule has 4 nitrogen and oxygen atoms in total. The Morgan fingerprint density at radius 2 is 1.56 bits per heavy atom. The summed E-state index contributed by atoms with van der Waals surface area (Å²) < 4.78 is 0. The standard InChI is InChI=1S/C18H23BN4.2C2H6/c1-19(2)23(3)18(12-20)11-9-16-6-4-15(5-7-16)8-10-17-13-21-14-22-17;2*1-2/h4-14H,20H2,1-3H3,(H,21,22);2*1-2H3/b10-8+,11-9+,18-12-;;. The van der Waals surface area contributed by atoms with Crippen LogP contribution in [0.25, 0.3) is 18.2 Å². The van der Waals surface area contributed by atoms with Gasteiger partial charge in [-0.25, -0.2) is 4.98 Å². The third kappa shape index (κ3) is 9.00. The van der Waals surface area contributed by atoms with Crippen molar-refractivity contribution in [1.82, 2.24) is 14.8 Å². The van der Waals surface area contributed by atoms with Crippen LogP contribution in [0.4, 0.5) is 0 Å². The van der Waals surface area contributed by atoms with Crippen molar-refractivity contribution in [1.29, 1.82) is 0 Å². The van der Waals surface area contributed by atoms with Crippen LogP contribution in [0.15, 0.2) is 54.8 Å². The van der Waals surface area contributed by atoms with E-state index in [0.29, 0.717) is 6.85 Å². The molecule has 0 spiro atoms. The van der Waals surface area contributed by atoms with Gasteiger partial charge in [0.25, 0.3) is 0 Å². The van der Waals surface area contributed by atoms with Gasteiger partial charge in [0.1, 0.15) is 0 Å². The molecule has 0 saturated carbocycles. The minimum absolute atomic E-state index is 0.407. The molecule has 0 aliphatic heterocycles. The van der Waals surface area contributed by atoms with Crippen LogP contribution in [-0.4, -0.2) is 28.7 Å². The molecule has 0 amide bonds. The number of H-pyrrole nitrogens is 1. The van der Waals surface area contributed by atoms with Gasteiger partial charge in [0, 0.05) is 11.9 Å². The summed E-state index contributed by atoms with van der Waals surface area (Å²) in [4.78, 5) is 9.17. The molecule has 146 valence electrons. The van der Waals surface area contributed by atoms with Crippen molar-refractivity contribution in [2.24, 2.45) is 5.73 Å². The topological polar surface area (TPSA) is 57.9 Å². The molecule has 1 heterocycles. The molecule has 0 unspecified atom stereocenters. The van der Waals surface area contributed by atoms with Gasteiger partial charge in [0.2, 0.25) is 6.85 Å². The van der Waals surface area contributed by atoms with E-state index in [1.807, 2.05) is 46.9 Å². The Morgan fingerprint density at radius 3 is 2.00 bits per heavy atom. The van der Waals surface area contributed by atoms with Crippen LogP contribution < -0.4 is 5.73 Å². The van der Waals surface area contributed by atoms with E-state index in [4.69, 9.17) is 5.73 Å². The molecule has 27 heavy (non-hydrogen) atoms. The van der Waals surface area contributed by atoms with Gasteiger partial charge in [-0.2, -0.15) is 0 Å². The van der Waals surface area contributed by atoms with Crippen molar-refractivity contribution in [3.63, 3.8) is 0 Å². The van der Waals surface area contributed by atoms with Gasteiger partial charge in [-0.15, -0.1) is 0 Å². The van der Waals surface area contributed by atoms with Crippen molar-refractivity contribution < 1.29 is 0 Å². The summed E-state index contributed by atoms with van der Waals surface area (Å²) >= 11 is 0. The van der Waals surface area contributed by atoms with E-state index in [1.165, 1.54) is 0 Å². The predicted molar refractivity (Wildman–Crippen MR) is 123 cm³/mol. The summed E-state index contributed by atoms with van der Waals surface area (Å²) in [6.07, 6.45) is 13.3. The van der Waals surface area contributed by atoms with E-state index < -0.39 is 0 Å². The molecular formula is C22H35BN4. The maximum atomic E-state index is 5.71. The van der Waals surface area contributed by atoms with E-state index in [-0.39, 0.29) is 0 Å². The smallest absolute Gasteiger partial charge is 0.247 e. The molecule has 1 aromatic heterocycles. The van der Waals surface area contributed by atoms with Crippen molar-refractivity contribution in [3.8, 4) is 0 Å². The highest BCUT2D eigenvalue weighted by Gasteiger charge is 2.08. The lowest BCUT2D eigenvalue weighted by atomic mass is 9.66. The number of hydrogen-bond donors (Lipinski definition) is 2. The van der Waals surface area contributed by atoms with Crippen LogP contribution in [-0.2, 0) is 0 Å². The largest absolute Gasteiger partial charge is 0.417 e. The Bertz CT molecular complexity index is 684. The average Bonchev–Trinajstić information content (AvgIpc) is 3.24. The van der Waals surface area contributed by atoms with E-state index in [9.17, 15) is 0 Å². The first-order chi connectivity index (χ1) is 13.1. The second-order valence-electron chi connectivity index (χ2n) is 5.64. The molecule has 3 N–H and O–H groups in total. The quantitative estimate of drug-likeness (QED) is 0.515. The van der Waals surface area contributed by atoms with Gasteiger partial charge in [-0.3, -0.25) is 0 Å². The summed E-state index contributed by atoms with van der Waals surface area (Å²) in [5, 5.41) is 0. The number of imidazole rings is 1. The highest BCUT2D eigenvalue weighted by atomic mass is 15.0. The molecule has 5 heteroatoms. The number of nitrogens with zero attached hydrogens (tertiary/aromatic N) is 2. The van der Waals surface area contributed by atoms with Crippen LogP contribution in [0.2, 0.25) is 13.6 Å². The van der Waals surface area contributed by atoms with Gasteiger partial charge in [-0.05, 0) is 30.3 Å². The fraction of sp³-hybridized carbons (Fsp3) is 0.318. The van der Waals surface area contributed by atoms with Gasteiger partial charge >= 0.3 is 0 Å². The number of hydrogen-bond acceptors (Lipinski definition) is 3. The number of aromatic amines is 1. The summed E-state index contributed by atoms with van der Waals surface area (Å²) in [6, 6.07) is 8.36. The number of rotatable bonds is 6. The van der Waals surface area contributed by atoms with Gasteiger partial charge in [0.05, 0.1) is 18.2 Å². The third-order valence-corrected chi connectivity index (χ3v) is 3.71. The SMILES string of the molecule is CB(C)N(C)C(=C\N)/C=C/c1ccc(/C=C/c2cnc[nH]2)cc1.CC.CC. The van der Waals surface area contributed by atoms with Crippen LogP contribution in [0.1, 0.15) is 44.5 Å². The van der Waals surface area contributed by atoms with Crippen molar-refractivity contribution in [3.05, 3.63) is 71.6 Å². The minimum Gasteiger partial charge on any atom is -0.417 e. The number of benzene rings is 1. The summed E-state index contributed by atoms with van der Waals surface area (Å²) in [6.45, 7) is 12.7. The minimum atomic E-state index is 0.407. The highest BCUT2D eigenvalue weighted by Crippen LogP contribution is 2.12. The molecular weight excluding hydrogens is 331 g/mol. The number of aromatic nitrogens is 2. The fourth-order valence-electron chi connectivity index (χ4n) is 2.03.